The van der Waals surface area contributed by atoms with E-state index in [1.165, 1.54) is 6.92 Å². The molecule has 0 saturated heterocycles. The quantitative estimate of drug-likeness (QED) is 0.583. The Morgan fingerprint density at radius 1 is 1.67 bits per heavy atom. The number of thioether (sulfide) groups is 1. The Balaban J connectivity index is 2.61. The summed E-state index contributed by atoms with van der Waals surface area (Å²) >= 11 is 1.12. The largest absolute Gasteiger partial charge is 0.479 e. The van der Waals surface area contributed by atoms with E-state index in [4.69, 9.17) is 5.11 Å². The first kappa shape index (κ1) is 11.9. The van der Waals surface area contributed by atoms with Crippen molar-refractivity contribution in [2.24, 2.45) is 0 Å². The number of aromatic nitrogens is 2. The fraction of sp³-hybridized carbons (Fsp3) is 0.444. The second-order valence-corrected chi connectivity index (χ2v) is 4.29. The van der Waals surface area contributed by atoms with Crippen molar-refractivity contribution in [3.8, 4) is 0 Å². The molecule has 1 aromatic heterocycles. The molecule has 0 fully saturated rings. The number of aliphatic hydroxyl groups is 1. The number of hydrogen-bond donors (Lipinski definition) is 2. The molecule has 0 aromatic carbocycles. The van der Waals surface area contributed by atoms with Gasteiger partial charge in [-0.3, -0.25) is 0 Å². The summed E-state index contributed by atoms with van der Waals surface area (Å²) in [6.45, 7) is 3.07. The Morgan fingerprint density at radius 3 is 2.87 bits per heavy atom. The van der Waals surface area contributed by atoms with Gasteiger partial charge in [0.25, 0.3) is 0 Å². The van der Waals surface area contributed by atoms with E-state index in [1.807, 2.05) is 6.92 Å². The van der Waals surface area contributed by atoms with E-state index in [-0.39, 0.29) is 5.75 Å². The molecule has 6 heteroatoms. The zero-order valence-corrected chi connectivity index (χ0v) is 9.28. The highest BCUT2D eigenvalue weighted by Gasteiger charge is 2.30. The Kier molecular flexibility index (Phi) is 3.65. The minimum Gasteiger partial charge on any atom is -0.479 e. The summed E-state index contributed by atoms with van der Waals surface area (Å²) < 4.78 is 0. The van der Waals surface area contributed by atoms with E-state index in [0.717, 1.165) is 17.5 Å². The van der Waals surface area contributed by atoms with Crippen LogP contribution in [0.5, 0.6) is 0 Å². The van der Waals surface area contributed by atoms with Crippen LogP contribution in [0.3, 0.4) is 0 Å². The monoisotopic (exact) mass is 228 g/mol. The third kappa shape index (κ3) is 3.49. The summed E-state index contributed by atoms with van der Waals surface area (Å²) in [4.78, 5) is 18.6. The molecule has 1 unspecified atom stereocenters. The first-order chi connectivity index (χ1) is 6.92. The number of rotatable bonds is 4. The van der Waals surface area contributed by atoms with Crippen LogP contribution in [0.4, 0.5) is 0 Å². The fourth-order valence-electron chi connectivity index (χ4n) is 0.762. The molecule has 2 N–H and O–H groups in total. The van der Waals surface area contributed by atoms with E-state index in [1.54, 1.807) is 12.3 Å². The average molecular weight is 228 g/mol. The minimum atomic E-state index is -1.75. The molecule has 0 spiro atoms. The van der Waals surface area contributed by atoms with Crippen molar-refractivity contribution < 1.29 is 15.0 Å². The second kappa shape index (κ2) is 4.59. The lowest BCUT2D eigenvalue weighted by Gasteiger charge is -2.16. The molecule has 1 heterocycles. The van der Waals surface area contributed by atoms with Gasteiger partial charge in [-0.25, -0.2) is 14.8 Å². The molecule has 1 atom stereocenters. The highest BCUT2D eigenvalue weighted by molar-refractivity contribution is 7.99. The minimum absolute atomic E-state index is 0.0196. The SMILES string of the molecule is Cc1ccnc(SCC(C)(O)C(=O)O)n1. The summed E-state index contributed by atoms with van der Waals surface area (Å²) in [5.74, 6) is -1.23. The van der Waals surface area contributed by atoms with Crippen molar-refractivity contribution in [3.05, 3.63) is 18.0 Å². The van der Waals surface area contributed by atoms with Crippen LogP contribution in [0.2, 0.25) is 0 Å². The van der Waals surface area contributed by atoms with Gasteiger partial charge in [-0.1, -0.05) is 11.8 Å². The molecule has 82 valence electrons. The van der Waals surface area contributed by atoms with Crippen molar-refractivity contribution in [2.45, 2.75) is 24.6 Å². The number of carboxylic acids is 1. The maximum Gasteiger partial charge on any atom is 0.336 e. The molecule has 5 nitrogen and oxygen atoms in total. The van der Waals surface area contributed by atoms with Gasteiger partial charge in [0.15, 0.2) is 10.8 Å². The molecule has 0 aliphatic carbocycles. The summed E-state index contributed by atoms with van der Waals surface area (Å²) in [5, 5.41) is 18.6. The average Bonchev–Trinajstić information content (AvgIpc) is 2.15. The second-order valence-electron chi connectivity index (χ2n) is 3.35. The first-order valence-corrected chi connectivity index (χ1v) is 5.28. The highest BCUT2D eigenvalue weighted by atomic mass is 32.2. The van der Waals surface area contributed by atoms with Crippen LogP contribution in [0.25, 0.3) is 0 Å². The lowest BCUT2D eigenvalue weighted by Crippen LogP contribution is -2.37. The first-order valence-electron chi connectivity index (χ1n) is 4.30. The predicted molar refractivity (Wildman–Crippen MR) is 55.8 cm³/mol. The molecular weight excluding hydrogens is 216 g/mol. The van der Waals surface area contributed by atoms with Gasteiger partial charge in [-0.15, -0.1) is 0 Å². The topological polar surface area (TPSA) is 83.3 Å². The standard InChI is InChI=1S/C9H12N2O3S/c1-6-3-4-10-8(11-6)15-5-9(2,14)7(12)13/h3-4,14H,5H2,1-2H3,(H,12,13). The highest BCUT2D eigenvalue weighted by Crippen LogP contribution is 2.19. The van der Waals surface area contributed by atoms with E-state index in [2.05, 4.69) is 9.97 Å². The van der Waals surface area contributed by atoms with Crippen molar-refractivity contribution in [2.75, 3.05) is 5.75 Å². The maximum absolute atomic E-state index is 10.6. The predicted octanol–water partition coefficient (Wildman–Crippen LogP) is 0.713. The summed E-state index contributed by atoms with van der Waals surface area (Å²) in [5.41, 5.74) is -0.944. The van der Waals surface area contributed by atoms with Gasteiger partial charge in [0, 0.05) is 17.6 Å². The third-order valence-corrected chi connectivity index (χ3v) is 2.88. The number of carbonyl (C=O) groups is 1. The number of hydrogen-bond acceptors (Lipinski definition) is 5. The van der Waals surface area contributed by atoms with Gasteiger partial charge in [0.05, 0.1) is 0 Å². The van der Waals surface area contributed by atoms with E-state index in [0.29, 0.717) is 5.16 Å². The van der Waals surface area contributed by atoms with Crippen LogP contribution in [-0.4, -0.2) is 37.5 Å². The van der Waals surface area contributed by atoms with Crippen LogP contribution < -0.4 is 0 Å². The van der Waals surface area contributed by atoms with Crippen molar-refractivity contribution in [1.29, 1.82) is 0 Å². The van der Waals surface area contributed by atoms with Gasteiger partial charge in [0.2, 0.25) is 0 Å². The van der Waals surface area contributed by atoms with E-state index >= 15 is 0 Å². The van der Waals surface area contributed by atoms with E-state index in [9.17, 15) is 9.90 Å². The van der Waals surface area contributed by atoms with Gasteiger partial charge >= 0.3 is 5.97 Å². The molecular formula is C9H12N2O3S. The van der Waals surface area contributed by atoms with Crippen LogP contribution >= 0.6 is 11.8 Å². The molecule has 15 heavy (non-hydrogen) atoms. The van der Waals surface area contributed by atoms with Crippen molar-refractivity contribution in [1.82, 2.24) is 9.97 Å². The number of nitrogens with zero attached hydrogens (tertiary/aromatic N) is 2. The molecule has 0 saturated carbocycles. The van der Waals surface area contributed by atoms with Crippen molar-refractivity contribution >= 4 is 17.7 Å². The Hall–Kier alpha value is -1.14. The van der Waals surface area contributed by atoms with Crippen LogP contribution in [-0.2, 0) is 4.79 Å². The van der Waals surface area contributed by atoms with Crippen LogP contribution in [0.15, 0.2) is 17.4 Å². The molecule has 0 amide bonds. The maximum atomic E-state index is 10.6. The summed E-state index contributed by atoms with van der Waals surface area (Å²) in [6.07, 6.45) is 1.60. The molecule has 1 aromatic rings. The third-order valence-electron chi connectivity index (χ3n) is 1.72. The number of aryl methyl sites for hydroxylation is 1. The fourth-order valence-corrected chi connectivity index (χ4v) is 1.64. The molecule has 1 rings (SSSR count). The number of aliphatic carboxylic acids is 1. The Labute approximate surface area is 91.6 Å². The van der Waals surface area contributed by atoms with E-state index < -0.39 is 11.6 Å². The molecule has 0 aliphatic rings. The van der Waals surface area contributed by atoms with Crippen molar-refractivity contribution in [3.63, 3.8) is 0 Å². The zero-order chi connectivity index (χ0) is 11.5. The lowest BCUT2D eigenvalue weighted by atomic mass is 10.1. The normalized spacial score (nSPS) is 14.6. The lowest BCUT2D eigenvalue weighted by molar-refractivity contribution is -0.154. The Bertz CT molecular complexity index is 368. The Morgan fingerprint density at radius 2 is 2.33 bits per heavy atom. The van der Waals surface area contributed by atoms with Gasteiger partial charge in [0.1, 0.15) is 0 Å². The zero-order valence-electron chi connectivity index (χ0n) is 8.47. The molecule has 0 radical (unpaired) electrons. The van der Waals surface area contributed by atoms with Gasteiger partial charge < -0.3 is 10.2 Å². The number of carboxylic acid groups (broad SMARTS) is 1. The summed E-state index contributed by atoms with van der Waals surface area (Å²) in [7, 11) is 0. The van der Waals surface area contributed by atoms with Crippen LogP contribution in [0.1, 0.15) is 12.6 Å². The molecule has 0 aliphatic heterocycles. The van der Waals surface area contributed by atoms with Gasteiger partial charge in [-0.05, 0) is 19.9 Å². The van der Waals surface area contributed by atoms with Crippen LogP contribution in [0, 0.1) is 6.92 Å². The summed E-state index contributed by atoms with van der Waals surface area (Å²) in [6, 6.07) is 1.75. The van der Waals surface area contributed by atoms with Gasteiger partial charge in [-0.2, -0.15) is 0 Å². The smallest absolute Gasteiger partial charge is 0.336 e. The molecule has 0 bridgehead atoms.